The highest BCUT2D eigenvalue weighted by Crippen LogP contribution is 2.36. The minimum absolute atomic E-state index is 0.151. The van der Waals surface area contributed by atoms with Gasteiger partial charge in [-0.15, -0.1) is 0 Å². The third-order valence-electron chi connectivity index (χ3n) is 3.53. The predicted octanol–water partition coefficient (Wildman–Crippen LogP) is 3.98. The fraction of sp³-hybridized carbons (Fsp3) is 0.176. The number of nitrogens with two attached hydrogens (primary N) is 1. The van der Waals surface area contributed by atoms with Crippen LogP contribution in [-0.2, 0) is 0 Å². The molecule has 24 heavy (non-hydrogen) atoms. The topological polar surface area (TPSA) is 84.1 Å². The summed E-state index contributed by atoms with van der Waals surface area (Å²) in [6, 6.07) is 11.0. The van der Waals surface area contributed by atoms with Gasteiger partial charge in [-0.25, -0.2) is 4.98 Å². The first-order valence-electron chi connectivity index (χ1n) is 7.39. The van der Waals surface area contributed by atoms with E-state index < -0.39 is 6.10 Å². The van der Waals surface area contributed by atoms with Crippen LogP contribution in [0.25, 0.3) is 22.0 Å². The van der Waals surface area contributed by atoms with E-state index in [9.17, 15) is 5.11 Å². The summed E-state index contributed by atoms with van der Waals surface area (Å²) in [5.74, 6) is 0.730. The molecule has 3 rings (SSSR count). The van der Waals surface area contributed by atoms with Gasteiger partial charge < -0.3 is 16.2 Å². The normalized spacial score (nSPS) is 12.3. The first-order chi connectivity index (χ1) is 11.5. The van der Waals surface area contributed by atoms with Crippen molar-refractivity contribution in [2.75, 3.05) is 17.6 Å². The molecule has 1 unspecified atom stereocenters. The van der Waals surface area contributed by atoms with Crippen LogP contribution in [0.2, 0.25) is 10.0 Å². The summed E-state index contributed by atoms with van der Waals surface area (Å²) < 4.78 is 0. The molecule has 2 aromatic carbocycles. The van der Waals surface area contributed by atoms with E-state index in [2.05, 4.69) is 15.3 Å². The quantitative estimate of drug-likeness (QED) is 0.653. The summed E-state index contributed by atoms with van der Waals surface area (Å²) in [4.78, 5) is 8.49. The number of hydrogen-bond donors (Lipinski definition) is 3. The molecule has 0 aliphatic rings. The van der Waals surface area contributed by atoms with Crippen molar-refractivity contribution in [2.24, 2.45) is 0 Å². The van der Waals surface area contributed by atoms with Gasteiger partial charge in [0.1, 0.15) is 5.82 Å². The van der Waals surface area contributed by atoms with Crippen LogP contribution < -0.4 is 11.1 Å². The Morgan fingerprint density at radius 3 is 2.54 bits per heavy atom. The van der Waals surface area contributed by atoms with E-state index in [4.69, 9.17) is 28.9 Å². The molecule has 3 aromatic rings. The number of halogens is 2. The van der Waals surface area contributed by atoms with E-state index in [1.807, 2.05) is 18.2 Å². The van der Waals surface area contributed by atoms with Crippen LogP contribution in [0, 0.1) is 0 Å². The van der Waals surface area contributed by atoms with Crippen molar-refractivity contribution in [3.63, 3.8) is 0 Å². The van der Waals surface area contributed by atoms with Gasteiger partial charge in [-0.2, -0.15) is 4.98 Å². The molecular weight excluding hydrogens is 347 g/mol. The molecular formula is C17H16Cl2N4O. The minimum atomic E-state index is -0.502. The largest absolute Gasteiger partial charge is 0.392 e. The van der Waals surface area contributed by atoms with Gasteiger partial charge in [0.15, 0.2) is 0 Å². The number of nitrogens with one attached hydrogen (secondary N) is 1. The van der Waals surface area contributed by atoms with Crippen LogP contribution in [0.3, 0.4) is 0 Å². The zero-order valence-electron chi connectivity index (χ0n) is 12.9. The Morgan fingerprint density at radius 1 is 1.17 bits per heavy atom. The molecule has 1 heterocycles. The zero-order valence-corrected chi connectivity index (χ0v) is 14.4. The van der Waals surface area contributed by atoms with E-state index in [1.54, 1.807) is 25.1 Å². The average molecular weight is 363 g/mol. The second-order valence-corrected chi connectivity index (χ2v) is 6.30. The van der Waals surface area contributed by atoms with Crippen molar-refractivity contribution < 1.29 is 5.11 Å². The van der Waals surface area contributed by atoms with Crippen molar-refractivity contribution in [1.29, 1.82) is 0 Å². The Morgan fingerprint density at radius 2 is 1.88 bits per heavy atom. The Kier molecular flexibility index (Phi) is 4.76. The molecule has 0 fully saturated rings. The smallest absolute Gasteiger partial charge is 0.222 e. The van der Waals surface area contributed by atoms with Gasteiger partial charge in [0.25, 0.3) is 0 Å². The third kappa shape index (κ3) is 3.38. The number of aromatic nitrogens is 2. The molecule has 0 saturated heterocycles. The lowest BCUT2D eigenvalue weighted by Gasteiger charge is -2.12. The van der Waals surface area contributed by atoms with Crippen molar-refractivity contribution in [1.82, 2.24) is 9.97 Å². The summed E-state index contributed by atoms with van der Waals surface area (Å²) in [7, 11) is 0. The van der Waals surface area contributed by atoms with Crippen molar-refractivity contribution in [3.05, 3.63) is 46.4 Å². The SMILES string of the molecule is CC(O)CNc1nc(N)nc2cc(-c3c(Cl)cccc3Cl)ccc12. The molecule has 0 saturated carbocycles. The molecule has 5 nitrogen and oxygen atoms in total. The second-order valence-electron chi connectivity index (χ2n) is 5.49. The third-order valence-corrected chi connectivity index (χ3v) is 4.16. The van der Waals surface area contributed by atoms with Gasteiger partial charge in [0, 0.05) is 27.5 Å². The number of anilines is 2. The number of aliphatic hydroxyl groups is 1. The molecule has 1 atom stereocenters. The lowest BCUT2D eigenvalue weighted by atomic mass is 10.0. The van der Waals surface area contributed by atoms with Gasteiger partial charge in [-0.3, -0.25) is 0 Å². The monoisotopic (exact) mass is 362 g/mol. The molecule has 0 aliphatic heterocycles. The highest BCUT2D eigenvalue weighted by Gasteiger charge is 2.12. The Hall–Kier alpha value is -2.08. The average Bonchev–Trinajstić information content (AvgIpc) is 2.52. The number of nitrogens with zero attached hydrogens (tertiary/aromatic N) is 2. The van der Waals surface area contributed by atoms with Crippen LogP contribution in [0.4, 0.5) is 11.8 Å². The standard InChI is InChI=1S/C17H16Cl2N4O/c1-9(24)8-21-16-11-6-5-10(7-14(11)22-17(20)23-16)15-12(18)3-2-4-13(15)19/h2-7,9,24H,8H2,1H3,(H3,20,21,22,23). The van der Waals surface area contributed by atoms with E-state index >= 15 is 0 Å². The van der Waals surface area contributed by atoms with E-state index in [0.717, 1.165) is 16.5 Å². The molecule has 7 heteroatoms. The fourth-order valence-electron chi connectivity index (χ4n) is 2.46. The van der Waals surface area contributed by atoms with Crippen LogP contribution in [-0.4, -0.2) is 27.7 Å². The molecule has 1 aromatic heterocycles. The van der Waals surface area contributed by atoms with Crippen molar-refractivity contribution in [3.8, 4) is 11.1 Å². The van der Waals surface area contributed by atoms with Gasteiger partial charge >= 0.3 is 0 Å². The summed E-state index contributed by atoms with van der Waals surface area (Å²) in [5.41, 5.74) is 8.07. The number of rotatable bonds is 4. The molecule has 0 spiro atoms. The number of fused-ring (bicyclic) bond motifs is 1. The Bertz CT molecular complexity index is 879. The lowest BCUT2D eigenvalue weighted by Crippen LogP contribution is -2.16. The minimum Gasteiger partial charge on any atom is -0.392 e. The summed E-state index contributed by atoms with van der Waals surface area (Å²) in [6.07, 6.45) is -0.502. The van der Waals surface area contributed by atoms with Crippen LogP contribution >= 0.6 is 23.2 Å². The van der Waals surface area contributed by atoms with Crippen LogP contribution in [0.15, 0.2) is 36.4 Å². The van der Waals surface area contributed by atoms with E-state index in [-0.39, 0.29) is 5.95 Å². The summed E-state index contributed by atoms with van der Waals surface area (Å²) in [6.45, 7) is 2.06. The van der Waals surface area contributed by atoms with Gasteiger partial charge in [0.05, 0.1) is 11.6 Å². The molecule has 4 N–H and O–H groups in total. The molecule has 0 aliphatic carbocycles. The number of nitrogen functional groups attached to an aromatic ring is 1. The maximum atomic E-state index is 9.44. The lowest BCUT2D eigenvalue weighted by molar-refractivity contribution is 0.208. The highest BCUT2D eigenvalue weighted by atomic mass is 35.5. The van der Waals surface area contributed by atoms with Gasteiger partial charge in [-0.1, -0.05) is 35.3 Å². The van der Waals surface area contributed by atoms with Gasteiger partial charge in [-0.05, 0) is 36.8 Å². The van der Waals surface area contributed by atoms with Crippen LogP contribution in [0.5, 0.6) is 0 Å². The second kappa shape index (κ2) is 6.81. The predicted molar refractivity (Wildman–Crippen MR) is 99.6 cm³/mol. The molecule has 0 amide bonds. The van der Waals surface area contributed by atoms with E-state index in [1.165, 1.54) is 0 Å². The molecule has 124 valence electrons. The summed E-state index contributed by atoms with van der Waals surface area (Å²) in [5, 5.41) is 14.5. The Labute approximate surface area is 149 Å². The number of hydrogen-bond acceptors (Lipinski definition) is 5. The maximum absolute atomic E-state index is 9.44. The van der Waals surface area contributed by atoms with E-state index in [0.29, 0.717) is 27.9 Å². The van der Waals surface area contributed by atoms with Crippen LogP contribution in [0.1, 0.15) is 6.92 Å². The molecule has 0 radical (unpaired) electrons. The molecule has 0 bridgehead atoms. The highest BCUT2D eigenvalue weighted by molar-refractivity contribution is 6.39. The van der Waals surface area contributed by atoms with Gasteiger partial charge in [0.2, 0.25) is 5.95 Å². The maximum Gasteiger partial charge on any atom is 0.222 e. The Balaban J connectivity index is 2.12. The summed E-state index contributed by atoms with van der Waals surface area (Å²) >= 11 is 12.6. The zero-order chi connectivity index (χ0) is 17.3. The fourth-order valence-corrected chi connectivity index (χ4v) is 3.07. The first-order valence-corrected chi connectivity index (χ1v) is 8.15. The van der Waals surface area contributed by atoms with Crippen molar-refractivity contribution in [2.45, 2.75) is 13.0 Å². The number of benzene rings is 2. The first kappa shape index (κ1) is 16.8. The number of aliphatic hydroxyl groups excluding tert-OH is 1. The van der Waals surface area contributed by atoms with Crippen molar-refractivity contribution >= 4 is 45.9 Å².